The van der Waals surface area contributed by atoms with Crippen molar-refractivity contribution in [2.24, 2.45) is 0 Å². The lowest BCUT2D eigenvalue weighted by Crippen LogP contribution is -2.14. The fourth-order valence-electron chi connectivity index (χ4n) is 1.57. The number of ether oxygens (including phenoxy) is 1. The molecule has 18 heavy (non-hydrogen) atoms. The van der Waals surface area contributed by atoms with Crippen molar-refractivity contribution in [2.75, 3.05) is 45.3 Å². The van der Waals surface area contributed by atoms with Gasteiger partial charge in [0.05, 0.1) is 0 Å². The Hall–Kier alpha value is -1.40. The van der Waals surface area contributed by atoms with E-state index in [1.165, 1.54) is 0 Å². The van der Waals surface area contributed by atoms with E-state index in [2.05, 4.69) is 34.3 Å². The molecule has 0 amide bonds. The van der Waals surface area contributed by atoms with Crippen LogP contribution in [-0.2, 0) is 11.3 Å². The van der Waals surface area contributed by atoms with Gasteiger partial charge < -0.3 is 20.7 Å². The summed E-state index contributed by atoms with van der Waals surface area (Å²) in [7, 11) is 5.77. The topological polar surface area (TPSA) is 76.3 Å². The van der Waals surface area contributed by atoms with Gasteiger partial charge >= 0.3 is 0 Å². The van der Waals surface area contributed by atoms with Crippen molar-refractivity contribution < 1.29 is 4.74 Å². The number of aromatic nitrogens is 2. The van der Waals surface area contributed by atoms with E-state index in [0.29, 0.717) is 18.2 Å². The largest absolute Gasteiger partial charge is 0.384 e. The van der Waals surface area contributed by atoms with Gasteiger partial charge in [0.25, 0.3) is 0 Å². The summed E-state index contributed by atoms with van der Waals surface area (Å²) < 4.78 is 4.99. The van der Waals surface area contributed by atoms with E-state index >= 15 is 0 Å². The van der Waals surface area contributed by atoms with Crippen LogP contribution in [0.25, 0.3) is 0 Å². The molecule has 0 aliphatic carbocycles. The maximum Gasteiger partial charge on any atom is 0.158 e. The lowest BCUT2D eigenvalue weighted by Gasteiger charge is -2.10. The number of rotatable bonds is 8. The molecule has 6 nitrogen and oxygen atoms in total. The van der Waals surface area contributed by atoms with E-state index in [0.717, 1.165) is 31.7 Å². The van der Waals surface area contributed by atoms with Crippen LogP contribution in [-0.4, -0.2) is 49.2 Å². The number of unbranched alkanes of at least 4 members (excludes halogenated alkanes) is 1. The average molecular weight is 253 g/mol. The molecule has 0 unspecified atom stereocenters. The molecule has 1 aromatic heterocycles. The molecular weight excluding hydrogens is 230 g/mol. The highest BCUT2D eigenvalue weighted by atomic mass is 16.5. The quantitative estimate of drug-likeness (QED) is 0.672. The number of hydrogen-bond donors (Lipinski definition) is 2. The Morgan fingerprint density at radius 1 is 1.33 bits per heavy atom. The normalized spacial score (nSPS) is 10.9. The van der Waals surface area contributed by atoms with Gasteiger partial charge in [0.1, 0.15) is 18.2 Å². The van der Waals surface area contributed by atoms with Crippen LogP contribution >= 0.6 is 0 Å². The zero-order chi connectivity index (χ0) is 13.4. The molecule has 0 atom stereocenters. The van der Waals surface area contributed by atoms with E-state index in [1.807, 2.05) is 0 Å². The molecule has 0 spiro atoms. The van der Waals surface area contributed by atoms with Gasteiger partial charge in [0.2, 0.25) is 0 Å². The first-order valence-corrected chi connectivity index (χ1v) is 6.13. The number of methoxy groups -OCH3 is 1. The van der Waals surface area contributed by atoms with Crippen LogP contribution in [0, 0.1) is 0 Å². The Morgan fingerprint density at radius 2 is 2.11 bits per heavy atom. The summed E-state index contributed by atoms with van der Waals surface area (Å²) in [5.41, 5.74) is 5.71. The molecule has 0 fully saturated rings. The molecule has 6 heteroatoms. The van der Waals surface area contributed by atoms with Crippen molar-refractivity contribution in [3.63, 3.8) is 0 Å². The molecule has 0 bridgehead atoms. The number of nitrogens with two attached hydrogens (primary N) is 1. The molecular formula is C12H23N5O. The molecule has 0 aromatic carbocycles. The maximum atomic E-state index is 5.71. The van der Waals surface area contributed by atoms with Gasteiger partial charge in [-0.1, -0.05) is 0 Å². The highest BCUT2D eigenvalue weighted by Gasteiger charge is 2.02. The van der Waals surface area contributed by atoms with Gasteiger partial charge in [0.15, 0.2) is 5.82 Å². The van der Waals surface area contributed by atoms with E-state index < -0.39 is 0 Å². The standard InChI is InChI=1S/C12H23N5O/c1-17(2)7-5-4-6-14-11-8-10(13)15-12(16-11)9-18-3/h8H,4-7,9H2,1-3H3,(H3,13,14,15,16). The van der Waals surface area contributed by atoms with Crippen LogP contribution < -0.4 is 11.1 Å². The Labute approximate surface area is 109 Å². The molecule has 0 saturated carbocycles. The Morgan fingerprint density at radius 3 is 2.78 bits per heavy atom. The second kappa shape index (κ2) is 7.84. The van der Waals surface area contributed by atoms with Crippen LogP contribution in [0.5, 0.6) is 0 Å². The van der Waals surface area contributed by atoms with Crippen molar-refractivity contribution in [3.8, 4) is 0 Å². The predicted octanol–water partition coefficient (Wildman–Crippen LogP) is 0.959. The summed E-state index contributed by atoms with van der Waals surface area (Å²) >= 11 is 0. The molecule has 0 saturated heterocycles. The fraction of sp³-hybridized carbons (Fsp3) is 0.667. The molecule has 0 aliphatic rings. The van der Waals surface area contributed by atoms with Gasteiger partial charge in [-0.25, -0.2) is 9.97 Å². The van der Waals surface area contributed by atoms with E-state index in [4.69, 9.17) is 10.5 Å². The van der Waals surface area contributed by atoms with E-state index in [1.54, 1.807) is 13.2 Å². The van der Waals surface area contributed by atoms with E-state index in [9.17, 15) is 0 Å². The molecule has 3 N–H and O–H groups in total. The molecule has 0 aliphatic heterocycles. The van der Waals surface area contributed by atoms with Crippen molar-refractivity contribution >= 4 is 11.6 Å². The number of nitrogens with one attached hydrogen (secondary N) is 1. The first-order valence-electron chi connectivity index (χ1n) is 6.13. The summed E-state index contributed by atoms with van der Waals surface area (Å²) in [6.07, 6.45) is 2.26. The van der Waals surface area contributed by atoms with Gasteiger partial charge in [-0.15, -0.1) is 0 Å². The van der Waals surface area contributed by atoms with Crippen molar-refractivity contribution in [1.82, 2.24) is 14.9 Å². The second-order valence-electron chi connectivity index (χ2n) is 4.46. The minimum Gasteiger partial charge on any atom is -0.384 e. The summed E-state index contributed by atoms with van der Waals surface area (Å²) in [5.74, 6) is 1.83. The zero-order valence-electron chi connectivity index (χ0n) is 11.4. The van der Waals surface area contributed by atoms with Crippen molar-refractivity contribution in [3.05, 3.63) is 11.9 Å². The van der Waals surface area contributed by atoms with Crippen LogP contribution in [0.3, 0.4) is 0 Å². The number of anilines is 2. The third-order valence-electron chi connectivity index (χ3n) is 2.40. The predicted molar refractivity (Wildman–Crippen MR) is 73.4 cm³/mol. The third kappa shape index (κ3) is 5.79. The minimum atomic E-state index is 0.375. The van der Waals surface area contributed by atoms with Crippen LogP contribution in [0.15, 0.2) is 6.07 Å². The summed E-state index contributed by atoms with van der Waals surface area (Å²) in [6.45, 7) is 2.36. The highest BCUT2D eigenvalue weighted by Crippen LogP contribution is 2.09. The third-order valence-corrected chi connectivity index (χ3v) is 2.40. The van der Waals surface area contributed by atoms with Crippen molar-refractivity contribution in [2.45, 2.75) is 19.4 Å². The molecule has 1 aromatic rings. The summed E-state index contributed by atoms with van der Waals surface area (Å²) in [6, 6.07) is 1.74. The number of nitrogens with zero attached hydrogens (tertiary/aromatic N) is 3. The van der Waals surface area contributed by atoms with Gasteiger partial charge in [-0.05, 0) is 33.5 Å². The Bertz CT molecular complexity index is 356. The summed E-state index contributed by atoms with van der Waals surface area (Å²) in [4.78, 5) is 10.6. The highest BCUT2D eigenvalue weighted by molar-refractivity contribution is 5.44. The lowest BCUT2D eigenvalue weighted by atomic mass is 10.3. The maximum absolute atomic E-state index is 5.71. The first-order chi connectivity index (χ1) is 8.61. The monoisotopic (exact) mass is 253 g/mol. The Balaban J connectivity index is 2.37. The van der Waals surface area contributed by atoms with Crippen LogP contribution in [0.4, 0.5) is 11.6 Å². The van der Waals surface area contributed by atoms with Crippen LogP contribution in [0.1, 0.15) is 18.7 Å². The van der Waals surface area contributed by atoms with Gasteiger partial charge in [-0.2, -0.15) is 0 Å². The molecule has 1 rings (SSSR count). The Kier molecular flexibility index (Phi) is 6.38. The SMILES string of the molecule is COCc1nc(N)cc(NCCCCN(C)C)n1. The van der Waals surface area contributed by atoms with Gasteiger partial charge in [0, 0.05) is 19.7 Å². The van der Waals surface area contributed by atoms with Crippen LogP contribution in [0.2, 0.25) is 0 Å². The summed E-state index contributed by atoms with van der Waals surface area (Å²) in [5, 5.41) is 3.25. The minimum absolute atomic E-state index is 0.375. The van der Waals surface area contributed by atoms with Gasteiger partial charge in [-0.3, -0.25) is 0 Å². The molecule has 102 valence electrons. The molecule has 0 radical (unpaired) electrons. The molecule has 1 heterocycles. The second-order valence-corrected chi connectivity index (χ2v) is 4.46. The number of nitrogen functional groups attached to an aromatic ring is 1. The van der Waals surface area contributed by atoms with E-state index in [-0.39, 0.29) is 0 Å². The zero-order valence-corrected chi connectivity index (χ0v) is 11.4. The number of hydrogen-bond acceptors (Lipinski definition) is 6. The smallest absolute Gasteiger partial charge is 0.158 e. The first kappa shape index (κ1) is 14.7. The average Bonchev–Trinajstić information content (AvgIpc) is 2.28. The van der Waals surface area contributed by atoms with Crippen molar-refractivity contribution in [1.29, 1.82) is 0 Å². The fourth-order valence-corrected chi connectivity index (χ4v) is 1.57. The lowest BCUT2D eigenvalue weighted by molar-refractivity contribution is 0.178.